The van der Waals surface area contributed by atoms with E-state index in [1.54, 1.807) is 11.3 Å². The second-order valence-electron chi connectivity index (χ2n) is 5.35. The van der Waals surface area contributed by atoms with Gasteiger partial charge in [0.25, 0.3) is 5.91 Å². The molecule has 2 heterocycles. The molecule has 0 radical (unpaired) electrons. The Morgan fingerprint density at radius 1 is 1.38 bits per heavy atom. The van der Waals surface area contributed by atoms with Gasteiger partial charge < -0.3 is 10.2 Å². The van der Waals surface area contributed by atoms with Crippen molar-refractivity contribution in [2.24, 2.45) is 0 Å². The largest absolute Gasteiger partial charge is 0.321 e. The quantitative estimate of drug-likeness (QED) is 0.743. The molecule has 1 aromatic heterocycles. The standard InChI is InChI=1S/C16H17IN2OS/c17-12-4-1-5-13(10-12)18-16(20)11-19-8-2-6-14(19)15-7-3-9-21-15/h1,3-5,7,9-10,14H,2,6,8,11H2,(H,18,20)/p+1/t14-/m1/s1. The van der Waals surface area contributed by atoms with Gasteiger partial charge in [0.15, 0.2) is 6.54 Å². The van der Waals surface area contributed by atoms with Crippen molar-refractivity contribution >= 4 is 45.5 Å². The van der Waals surface area contributed by atoms with Crippen molar-refractivity contribution < 1.29 is 9.69 Å². The summed E-state index contributed by atoms with van der Waals surface area (Å²) in [7, 11) is 0. The molecule has 2 N–H and O–H groups in total. The smallest absolute Gasteiger partial charge is 0.279 e. The highest BCUT2D eigenvalue weighted by atomic mass is 127. The van der Waals surface area contributed by atoms with Crippen molar-refractivity contribution in [3.05, 3.63) is 50.2 Å². The molecule has 5 heteroatoms. The number of nitrogens with one attached hydrogen (secondary N) is 2. The van der Waals surface area contributed by atoms with Gasteiger partial charge in [0.05, 0.1) is 11.4 Å². The second kappa shape index (κ2) is 6.89. The van der Waals surface area contributed by atoms with Gasteiger partial charge in [-0.2, -0.15) is 0 Å². The minimum Gasteiger partial charge on any atom is -0.321 e. The summed E-state index contributed by atoms with van der Waals surface area (Å²) in [4.78, 5) is 15.1. The maximum Gasteiger partial charge on any atom is 0.279 e. The maximum absolute atomic E-state index is 12.3. The number of rotatable bonds is 4. The van der Waals surface area contributed by atoms with E-state index in [0.717, 1.165) is 15.8 Å². The average Bonchev–Trinajstić information content (AvgIpc) is 3.08. The van der Waals surface area contributed by atoms with E-state index in [2.05, 4.69) is 45.4 Å². The molecule has 1 fully saturated rings. The Kier molecular flexibility index (Phi) is 4.92. The van der Waals surface area contributed by atoms with Crippen LogP contribution in [0.3, 0.4) is 0 Å². The Bertz CT molecular complexity index is 614. The van der Waals surface area contributed by atoms with Crippen molar-refractivity contribution in [3.63, 3.8) is 0 Å². The molecular weight excluding hydrogens is 395 g/mol. The molecule has 21 heavy (non-hydrogen) atoms. The van der Waals surface area contributed by atoms with Gasteiger partial charge in [-0.1, -0.05) is 12.1 Å². The minimum absolute atomic E-state index is 0.107. The third kappa shape index (κ3) is 3.84. The Morgan fingerprint density at radius 3 is 3.05 bits per heavy atom. The highest BCUT2D eigenvalue weighted by Crippen LogP contribution is 2.23. The summed E-state index contributed by atoms with van der Waals surface area (Å²) in [6.07, 6.45) is 2.39. The summed E-state index contributed by atoms with van der Waals surface area (Å²) in [6.45, 7) is 1.64. The van der Waals surface area contributed by atoms with E-state index in [-0.39, 0.29) is 5.91 Å². The second-order valence-corrected chi connectivity index (χ2v) is 7.58. The predicted octanol–water partition coefficient (Wildman–Crippen LogP) is 2.71. The van der Waals surface area contributed by atoms with Crippen LogP contribution in [0.5, 0.6) is 0 Å². The molecule has 0 saturated carbocycles. The highest BCUT2D eigenvalue weighted by Gasteiger charge is 2.32. The molecule has 3 nitrogen and oxygen atoms in total. The van der Waals surface area contributed by atoms with Gasteiger partial charge in [-0.25, -0.2) is 0 Å². The molecule has 110 valence electrons. The third-order valence-electron chi connectivity index (χ3n) is 3.87. The number of quaternary nitrogens is 1. The fourth-order valence-electron chi connectivity index (χ4n) is 2.93. The van der Waals surface area contributed by atoms with Crippen LogP contribution in [0.15, 0.2) is 41.8 Å². The fraction of sp³-hybridized carbons (Fsp3) is 0.312. The molecule has 2 aromatic rings. The summed E-state index contributed by atoms with van der Waals surface area (Å²) >= 11 is 4.06. The first-order valence-electron chi connectivity index (χ1n) is 7.16. The zero-order valence-electron chi connectivity index (χ0n) is 11.6. The zero-order chi connectivity index (χ0) is 14.7. The van der Waals surface area contributed by atoms with Crippen LogP contribution >= 0.6 is 33.9 Å². The van der Waals surface area contributed by atoms with Crippen molar-refractivity contribution in [1.29, 1.82) is 0 Å². The number of benzene rings is 1. The predicted molar refractivity (Wildman–Crippen MR) is 94.8 cm³/mol. The topological polar surface area (TPSA) is 33.5 Å². The number of likely N-dealkylation sites (tertiary alicyclic amines) is 1. The third-order valence-corrected chi connectivity index (χ3v) is 5.52. The Labute approximate surface area is 142 Å². The van der Waals surface area contributed by atoms with Gasteiger partial charge >= 0.3 is 0 Å². The number of hydrogen-bond donors (Lipinski definition) is 2. The molecule has 1 saturated heterocycles. The summed E-state index contributed by atoms with van der Waals surface area (Å²) < 4.78 is 1.13. The number of hydrogen-bond acceptors (Lipinski definition) is 2. The lowest BCUT2D eigenvalue weighted by atomic mass is 10.2. The first-order valence-corrected chi connectivity index (χ1v) is 9.11. The number of thiophene rings is 1. The van der Waals surface area contributed by atoms with Gasteiger partial charge in [-0.15, -0.1) is 11.3 Å². The maximum atomic E-state index is 12.3. The van der Waals surface area contributed by atoms with Crippen LogP contribution in [0.1, 0.15) is 23.8 Å². The van der Waals surface area contributed by atoms with Gasteiger partial charge in [-0.05, 0) is 52.2 Å². The average molecular weight is 413 g/mol. The van der Waals surface area contributed by atoms with E-state index in [1.165, 1.54) is 22.6 Å². The van der Waals surface area contributed by atoms with E-state index in [4.69, 9.17) is 0 Å². The molecule has 0 spiro atoms. The van der Waals surface area contributed by atoms with Gasteiger partial charge in [0.2, 0.25) is 0 Å². The molecule has 1 amide bonds. The molecule has 1 aliphatic heterocycles. The fourth-order valence-corrected chi connectivity index (χ4v) is 4.40. The first kappa shape index (κ1) is 15.0. The first-order chi connectivity index (χ1) is 10.2. The van der Waals surface area contributed by atoms with Crippen molar-refractivity contribution in [2.75, 3.05) is 18.4 Å². The molecular formula is C16H18IN2OS+. The van der Waals surface area contributed by atoms with Crippen molar-refractivity contribution in [2.45, 2.75) is 18.9 Å². The minimum atomic E-state index is 0.107. The molecule has 3 rings (SSSR count). The van der Waals surface area contributed by atoms with Gasteiger partial charge in [0, 0.05) is 22.1 Å². The molecule has 0 bridgehead atoms. The summed E-state index contributed by atoms with van der Waals surface area (Å²) in [5.74, 6) is 0.107. The summed E-state index contributed by atoms with van der Waals surface area (Å²) in [5, 5.41) is 5.14. The van der Waals surface area contributed by atoms with E-state index in [1.807, 2.05) is 24.3 Å². The lowest BCUT2D eigenvalue weighted by Crippen LogP contribution is -3.11. The Balaban J connectivity index is 1.62. The van der Waals surface area contributed by atoms with E-state index >= 15 is 0 Å². The number of carbonyl (C=O) groups is 1. The van der Waals surface area contributed by atoms with Crippen LogP contribution in [-0.2, 0) is 4.79 Å². The SMILES string of the molecule is O=C(C[NH+]1CCC[C@@H]1c1cccs1)Nc1cccc(I)c1. The lowest BCUT2D eigenvalue weighted by Gasteiger charge is -2.20. The molecule has 1 aliphatic rings. The van der Waals surface area contributed by atoms with Crippen LogP contribution in [0.2, 0.25) is 0 Å². The molecule has 1 unspecified atom stereocenters. The number of amides is 1. The van der Waals surface area contributed by atoms with Crippen LogP contribution in [-0.4, -0.2) is 19.0 Å². The van der Waals surface area contributed by atoms with Crippen LogP contribution in [0, 0.1) is 3.57 Å². The number of halogens is 1. The van der Waals surface area contributed by atoms with Crippen LogP contribution in [0.4, 0.5) is 5.69 Å². The number of anilines is 1. The molecule has 1 aromatic carbocycles. The van der Waals surface area contributed by atoms with Crippen molar-refractivity contribution in [1.82, 2.24) is 0 Å². The molecule has 0 aliphatic carbocycles. The summed E-state index contributed by atoms with van der Waals surface area (Å²) in [5.41, 5.74) is 0.887. The van der Waals surface area contributed by atoms with Crippen LogP contribution in [0.25, 0.3) is 0 Å². The lowest BCUT2D eigenvalue weighted by molar-refractivity contribution is -0.910. The zero-order valence-corrected chi connectivity index (χ0v) is 14.6. The highest BCUT2D eigenvalue weighted by molar-refractivity contribution is 14.1. The summed E-state index contributed by atoms with van der Waals surface area (Å²) in [6, 6.07) is 12.7. The van der Waals surface area contributed by atoms with E-state index in [0.29, 0.717) is 12.6 Å². The van der Waals surface area contributed by atoms with E-state index < -0.39 is 0 Å². The Hall–Kier alpha value is -0.920. The Morgan fingerprint density at radius 2 is 2.29 bits per heavy atom. The molecule has 2 atom stereocenters. The van der Waals surface area contributed by atoms with Crippen LogP contribution < -0.4 is 10.2 Å². The van der Waals surface area contributed by atoms with E-state index in [9.17, 15) is 4.79 Å². The number of carbonyl (C=O) groups excluding carboxylic acids is 1. The van der Waals surface area contributed by atoms with Crippen molar-refractivity contribution in [3.8, 4) is 0 Å². The van der Waals surface area contributed by atoms with Gasteiger partial charge in [-0.3, -0.25) is 4.79 Å². The monoisotopic (exact) mass is 413 g/mol. The normalized spacial score (nSPS) is 21.4. The van der Waals surface area contributed by atoms with Gasteiger partial charge in [0.1, 0.15) is 6.04 Å².